The van der Waals surface area contributed by atoms with Crippen molar-refractivity contribution < 1.29 is 4.74 Å². The van der Waals surface area contributed by atoms with Gasteiger partial charge in [-0.05, 0) is 72.6 Å². The van der Waals surface area contributed by atoms with Crippen LogP contribution in [0.5, 0.6) is 0 Å². The minimum Gasteiger partial charge on any atom is -0.377 e. The summed E-state index contributed by atoms with van der Waals surface area (Å²) in [6.45, 7) is 7.72. The molecule has 1 fully saturated rings. The van der Waals surface area contributed by atoms with Gasteiger partial charge < -0.3 is 4.74 Å². The predicted molar refractivity (Wildman–Crippen MR) is 139 cm³/mol. The zero-order chi connectivity index (χ0) is 22.4. The van der Waals surface area contributed by atoms with Crippen molar-refractivity contribution in [1.82, 2.24) is 0 Å². The van der Waals surface area contributed by atoms with Gasteiger partial charge in [0.25, 0.3) is 0 Å². The first-order valence-corrected chi connectivity index (χ1v) is 13.2. The summed E-state index contributed by atoms with van der Waals surface area (Å²) in [7, 11) is 0. The molecule has 0 amide bonds. The van der Waals surface area contributed by atoms with Crippen molar-refractivity contribution in [3.8, 4) is 11.1 Å². The van der Waals surface area contributed by atoms with E-state index in [0.717, 1.165) is 31.5 Å². The van der Waals surface area contributed by atoms with Crippen molar-refractivity contribution in [2.75, 3.05) is 6.61 Å². The molecule has 1 heteroatoms. The minimum absolute atomic E-state index is 0.721. The van der Waals surface area contributed by atoms with Crippen molar-refractivity contribution in [2.45, 2.75) is 90.6 Å². The largest absolute Gasteiger partial charge is 0.377 e. The van der Waals surface area contributed by atoms with Crippen molar-refractivity contribution in [3.63, 3.8) is 0 Å². The summed E-state index contributed by atoms with van der Waals surface area (Å²) in [6, 6.07) is 18.1. The van der Waals surface area contributed by atoms with E-state index in [1.807, 2.05) is 0 Å². The van der Waals surface area contributed by atoms with E-state index < -0.39 is 0 Å². The summed E-state index contributed by atoms with van der Waals surface area (Å²) in [4.78, 5) is 0. The number of ether oxygens (including phenoxy) is 1. The van der Waals surface area contributed by atoms with Gasteiger partial charge in [-0.2, -0.15) is 0 Å². The lowest BCUT2D eigenvalue weighted by molar-refractivity contribution is 0.117. The Bertz CT molecular complexity index is 750. The lowest BCUT2D eigenvalue weighted by Gasteiger charge is -2.27. The highest BCUT2D eigenvalue weighted by Crippen LogP contribution is 2.33. The highest BCUT2D eigenvalue weighted by Gasteiger charge is 2.19. The van der Waals surface area contributed by atoms with Crippen LogP contribution in [0.15, 0.2) is 61.2 Å². The number of hydrogen-bond donors (Lipinski definition) is 0. The Morgan fingerprint density at radius 3 is 2.03 bits per heavy atom. The Balaban J connectivity index is 1.34. The molecular weight excluding hydrogens is 388 g/mol. The Labute approximate surface area is 197 Å². The van der Waals surface area contributed by atoms with Crippen LogP contribution in [0.1, 0.15) is 88.7 Å². The molecule has 1 aliphatic carbocycles. The number of hydrogen-bond acceptors (Lipinski definition) is 1. The third-order valence-electron chi connectivity index (χ3n) is 7.20. The number of benzene rings is 2. The number of rotatable bonds is 14. The molecule has 1 nitrogen and oxygen atoms in total. The molecule has 0 bridgehead atoms. The summed E-state index contributed by atoms with van der Waals surface area (Å²) in [5, 5.41) is 0. The molecule has 0 saturated heterocycles. The van der Waals surface area contributed by atoms with E-state index >= 15 is 0 Å². The molecule has 0 aliphatic heterocycles. The predicted octanol–water partition coefficient (Wildman–Crippen LogP) is 9.16. The maximum Gasteiger partial charge on any atom is 0.0716 e. The van der Waals surface area contributed by atoms with Crippen LogP contribution in [-0.4, -0.2) is 6.61 Å². The van der Waals surface area contributed by atoms with E-state index in [0.29, 0.717) is 0 Å². The molecule has 1 aliphatic rings. The van der Waals surface area contributed by atoms with Crippen LogP contribution in [0.3, 0.4) is 0 Å². The molecule has 2 aromatic rings. The van der Waals surface area contributed by atoms with Crippen molar-refractivity contribution in [3.05, 3.63) is 72.3 Å². The monoisotopic (exact) mass is 432 g/mol. The summed E-state index contributed by atoms with van der Waals surface area (Å²) >= 11 is 0. The normalized spacial score (nSPS) is 18.5. The fraction of sp³-hybridized carbons (Fsp3) is 0.548. The first kappa shape index (κ1) is 24.8. The fourth-order valence-electron chi connectivity index (χ4n) is 5.06. The van der Waals surface area contributed by atoms with Gasteiger partial charge in [-0.3, -0.25) is 0 Å². The van der Waals surface area contributed by atoms with Gasteiger partial charge in [0, 0.05) is 6.61 Å². The van der Waals surface area contributed by atoms with Crippen LogP contribution < -0.4 is 0 Å². The van der Waals surface area contributed by atoms with E-state index in [2.05, 4.69) is 68.1 Å². The molecule has 0 unspecified atom stereocenters. The van der Waals surface area contributed by atoms with Crippen LogP contribution in [0.2, 0.25) is 0 Å². The molecule has 1 saturated carbocycles. The highest BCUT2D eigenvalue weighted by atomic mass is 16.5. The molecule has 0 heterocycles. The maximum atomic E-state index is 5.78. The van der Waals surface area contributed by atoms with E-state index in [9.17, 15) is 0 Å². The molecule has 0 N–H and O–H groups in total. The van der Waals surface area contributed by atoms with E-state index in [4.69, 9.17) is 4.74 Å². The van der Waals surface area contributed by atoms with Crippen LogP contribution in [0, 0.1) is 11.8 Å². The first-order valence-electron chi connectivity index (χ1n) is 13.2. The SMILES string of the molecule is C=CC[C@H]1CC[C@H](CCCCc2ccc(-c3ccc(COCCCCC)cc3)cc2)CC1. The Morgan fingerprint density at radius 2 is 1.41 bits per heavy atom. The zero-order valence-electron chi connectivity index (χ0n) is 20.4. The van der Waals surface area contributed by atoms with Gasteiger partial charge in [-0.25, -0.2) is 0 Å². The smallest absolute Gasteiger partial charge is 0.0716 e. The quantitative estimate of drug-likeness (QED) is 0.213. The number of unbranched alkanes of at least 4 members (excludes halogenated alkanes) is 3. The molecule has 0 radical (unpaired) electrons. The Hall–Kier alpha value is -1.86. The van der Waals surface area contributed by atoms with Crippen LogP contribution in [0.4, 0.5) is 0 Å². The van der Waals surface area contributed by atoms with E-state index in [1.165, 1.54) is 92.9 Å². The van der Waals surface area contributed by atoms with Crippen molar-refractivity contribution in [1.29, 1.82) is 0 Å². The lowest BCUT2D eigenvalue weighted by atomic mass is 9.78. The average Bonchev–Trinajstić information content (AvgIpc) is 2.84. The zero-order valence-corrected chi connectivity index (χ0v) is 20.4. The molecule has 2 aromatic carbocycles. The van der Waals surface area contributed by atoms with Gasteiger partial charge in [0.1, 0.15) is 0 Å². The second-order valence-electron chi connectivity index (χ2n) is 9.81. The summed E-state index contributed by atoms with van der Waals surface area (Å²) in [6.07, 6.45) is 18.0. The average molecular weight is 433 g/mol. The molecule has 174 valence electrons. The lowest BCUT2D eigenvalue weighted by Crippen LogP contribution is -2.14. The molecule has 0 aromatic heterocycles. The molecule has 32 heavy (non-hydrogen) atoms. The van der Waals surface area contributed by atoms with Crippen molar-refractivity contribution >= 4 is 0 Å². The molecule has 0 spiro atoms. The molecular formula is C31H44O. The summed E-state index contributed by atoms with van der Waals surface area (Å²) in [5.74, 6) is 1.89. The van der Waals surface area contributed by atoms with Gasteiger partial charge in [0.15, 0.2) is 0 Å². The van der Waals surface area contributed by atoms with Gasteiger partial charge in [0.05, 0.1) is 6.61 Å². The van der Waals surface area contributed by atoms with Crippen LogP contribution in [-0.2, 0) is 17.8 Å². The third kappa shape index (κ3) is 8.58. The van der Waals surface area contributed by atoms with Gasteiger partial charge in [-0.15, -0.1) is 6.58 Å². The van der Waals surface area contributed by atoms with Crippen LogP contribution in [0.25, 0.3) is 11.1 Å². The molecule has 0 atom stereocenters. The fourth-order valence-corrected chi connectivity index (χ4v) is 5.06. The standard InChI is InChI=1S/C31H44O/c1-3-5-8-24-32-25-29-18-22-31(23-19-29)30-20-16-28(17-21-30)11-7-6-10-27-14-12-26(9-4-2)13-15-27/h4,16-23,26-27H,2-3,5-15,24-25H2,1H3/t26-,27-. The van der Waals surface area contributed by atoms with Crippen LogP contribution >= 0.6 is 0 Å². The van der Waals surface area contributed by atoms with Gasteiger partial charge >= 0.3 is 0 Å². The summed E-state index contributed by atoms with van der Waals surface area (Å²) < 4.78 is 5.78. The van der Waals surface area contributed by atoms with E-state index in [-0.39, 0.29) is 0 Å². The van der Waals surface area contributed by atoms with Gasteiger partial charge in [0.2, 0.25) is 0 Å². The number of allylic oxidation sites excluding steroid dienone is 1. The highest BCUT2D eigenvalue weighted by molar-refractivity contribution is 5.63. The maximum absolute atomic E-state index is 5.78. The first-order chi connectivity index (χ1) is 15.8. The number of aryl methyl sites for hydroxylation is 1. The Morgan fingerprint density at radius 1 is 0.781 bits per heavy atom. The second-order valence-corrected chi connectivity index (χ2v) is 9.81. The topological polar surface area (TPSA) is 9.23 Å². The van der Waals surface area contributed by atoms with E-state index in [1.54, 1.807) is 0 Å². The molecule has 3 rings (SSSR count). The minimum atomic E-state index is 0.721. The van der Waals surface area contributed by atoms with Crippen molar-refractivity contribution in [2.24, 2.45) is 11.8 Å². The summed E-state index contributed by atoms with van der Waals surface area (Å²) in [5.41, 5.74) is 5.33. The van der Waals surface area contributed by atoms with Gasteiger partial charge in [-0.1, -0.05) is 100 Å². The third-order valence-corrected chi connectivity index (χ3v) is 7.20. The second kappa shape index (κ2) is 14.3. The Kier molecular flexibility index (Phi) is 11.1.